The van der Waals surface area contributed by atoms with E-state index in [0.29, 0.717) is 31.9 Å². The third-order valence-electron chi connectivity index (χ3n) is 2.79. The number of anilines is 1. The Kier molecular flexibility index (Phi) is 3.49. The molecule has 1 aliphatic rings. The molecule has 0 saturated carbocycles. The second-order valence-corrected chi connectivity index (χ2v) is 4.03. The summed E-state index contributed by atoms with van der Waals surface area (Å²) in [6.45, 7) is 2.53. The molecule has 0 atom stereocenters. The van der Waals surface area contributed by atoms with E-state index in [-0.39, 0.29) is 17.3 Å². The standard InChI is InChI=1S/C12H16N2O3/c13-10-3-2-9(8-11(10)15)12(16)14-4-1-6-17-7-5-14/h2-3,8,15H,1,4-7,13H2. The molecule has 1 aliphatic heterocycles. The Bertz CT molecular complexity index is 412. The largest absolute Gasteiger partial charge is 0.506 e. The van der Waals surface area contributed by atoms with E-state index in [9.17, 15) is 9.90 Å². The molecular weight excluding hydrogens is 220 g/mol. The Morgan fingerprint density at radius 1 is 1.35 bits per heavy atom. The Morgan fingerprint density at radius 3 is 2.94 bits per heavy atom. The van der Waals surface area contributed by atoms with E-state index in [4.69, 9.17) is 10.5 Å². The normalized spacial score (nSPS) is 16.6. The van der Waals surface area contributed by atoms with Crippen LogP contribution in [-0.4, -0.2) is 42.2 Å². The third kappa shape index (κ3) is 2.68. The third-order valence-corrected chi connectivity index (χ3v) is 2.79. The van der Waals surface area contributed by atoms with E-state index in [1.165, 1.54) is 12.1 Å². The van der Waals surface area contributed by atoms with E-state index in [0.717, 1.165) is 6.42 Å². The highest BCUT2D eigenvalue weighted by Gasteiger charge is 2.18. The van der Waals surface area contributed by atoms with Crippen molar-refractivity contribution in [2.75, 3.05) is 32.0 Å². The Morgan fingerprint density at radius 2 is 2.18 bits per heavy atom. The number of nitrogens with zero attached hydrogens (tertiary/aromatic N) is 1. The predicted octanol–water partition coefficient (Wildman–Crippen LogP) is 0.837. The maximum atomic E-state index is 12.1. The van der Waals surface area contributed by atoms with E-state index in [2.05, 4.69) is 0 Å². The van der Waals surface area contributed by atoms with Gasteiger partial charge in [0.2, 0.25) is 0 Å². The molecule has 5 nitrogen and oxygen atoms in total. The number of nitrogens with two attached hydrogens (primary N) is 1. The Balaban J connectivity index is 2.14. The van der Waals surface area contributed by atoms with Crippen molar-refractivity contribution in [3.8, 4) is 5.75 Å². The van der Waals surface area contributed by atoms with Crippen molar-refractivity contribution in [1.29, 1.82) is 0 Å². The average molecular weight is 236 g/mol. The van der Waals surface area contributed by atoms with Crippen LogP contribution in [0.25, 0.3) is 0 Å². The summed E-state index contributed by atoms with van der Waals surface area (Å²) in [7, 11) is 0. The molecule has 0 spiro atoms. The number of amides is 1. The first-order valence-electron chi connectivity index (χ1n) is 5.64. The summed E-state index contributed by atoms with van der Waals surface area (Å²) < 4.78 is 5.29. The first-order valence-corrected chi connectivity index (χ1v) is 5.64. The molecule has 0 aromatic heterocycles. The monoisotopic (exact) mass is 236 g/mol. The number of carbonyl (C=O) groups is 1. The number of aromatic hydroxyl groups is 1. The highest BCUT2D eigenvalue weighted by Crippen LogP contribution is 2.21. The average Bonchev–Trinajstić information content (AvgIpc) is 2.60. The zero-order valence-electron chi connectivity index (χ0n) is 9.56. The van der Waals surface area contributed by atoms with Crippen LogP contribution in [0.2, 0.25) is 0 Å². The van der Waals surface area contributed by atoms with Crippen LogP contribution in [0.4, 0.5) is 5.69 Å². The van der Waals surface area contributed by atoms with Crippen LogP contribution in [0.3, 0.4) is 0 Å². The number of ether oxygens (including phenoxy) is 1. The van der Waals surface area contributed by atoms with Gasteiger partial charge in [0, 0.05) is 25.3 Å². The minimum absolute atomic E-state index is 0.0538. The topological polar surface area (TPSA) is 75.8 Å². The number of benzene rings is 1. The van der Waals surface area contributed by atoms with Gasteiger partial charge >= 0.3 is 0 Å². The van der Waals surface area contributed by atoms with Gasteiger partial charge in [0.05, 0.1) is 12.3 Å². The molecule has 3 N–H and O–H groups in total. The van der Waals surface area contributed by atoms with Crippen molar-refractivity contribution in [3.63, 3.8) is 0 Å². The molecule has 1 aromatic rings. The quantitative estimate of drug-likeness (QED) is 0.559. The highest BCUT2D eigenvalue weighted by atomic mass is 16.5. The minimum atomic E-state index is -0.0919. The molecule has 0 bridgehead atoms. The van der Waals surface area contributed by atoms with E-state index >= 15 is 0 Å². The summed E-state index contributed by atoms with van der Waals surface area (Å²) >= 11 is 0. The van der Waals surface area contributed by atoms with Crippen molar-refractivity contribution in [2.45, 2.75) is 6.42 Å². The lowest BCUT2D eigenvalue weighted by atomic mass is 10.1. The summed E-state index contributed by atoms with van der Waals surface area (Å²) in [4.78, 5) is 13.9. The first-order chi connectivity index (χ1) is 8.18. The highest BCUT2D eigenvalue weighted by molar-refractivity contribution is 5.95. The number of hydrogen-bond acceptors (Lipinski definition) is 4. The van der Waals surface area contributed by atoms with Gasteiger partial charge in [-0.15, -0.1) is 0 Å². The van der Waals surface area contributed by atoms with Crippen LogP contribution in [-0.2, 0) is 4.74 Å². The molecule has 1 amide bonds. The summed E-state index contributed by atoms with van der Waals surface area (Å²) in [6.07, 6.45) is 0.840. The molecule has 1 saturated heterocycles. The second kappa shape index (κ2) is 5.05. The first kappa shape index (κ1) is 11.7. The molecule has 92 valence electrons. The molecule has 1 heterocycles. The number of nitrogen functional groups attached to an aromatic ring is 1. The number of phenolic OH excluding ortho intramolecular Hbond substituents is 1. The lowest BCUT2D eigenvalue weighted by Gasteiger charge is -2.19. The Hall–Kier alpha value is -1.75. The van der Waals surface area contributed by atoms with E-state index in [1.807, 2.05) is 0 Å². The fraction of sp³-hybridized carbons (Fsp3) is 0.417. The van der Waals surface area contributed by atoms with Gasteiger partial charge in [0.25, 0.3) is 5.91 Å². The van der Waals surface area contributed by atoms with Crippen LogP contribution >= 0.6 is 0 Å². The van der Waals surface area contributed by atoms with Crippen molar-refractivity contribution < 1.29 is 14.6 Å². The predicted molar refractivity (Wildman–Crippen MR) is 63.9 cm³/mol. The van der Waals surface area contributed by atoms with E-state index in [1.54, 1.807) is 11.0 Å². The van der Waals surface area contributed by atoms with Gasteiger partial charge in [-0.05, 0) is 24.6 Å². The van der Waals surface area contributed by atoms with Gasteiger partial charge in [-0.1, -0.05) is 0 Å². The summed E-state index contributed by atoms with van der Waals surface area (Å²) in [6, 6.07) is 4.57. The summed E-state index contributed by atoms with van der Waals surface area (Å²) in [5, 5.41) is 9.48. The van der Waals surface area contributed by atoms with Gasteiger partial charge in [-0.25, -0.2) is 0 Å². The number of carbonyl (C=O) groups excluding carboxylic acids is 1. The minimum Gasteiger partial charge on any atom is -0.506 e. The molecule has 0 unspecified atom stereocenters. The van der Waals surface area contributed by atoms with Crippen LogP contribution in [0.1, 0.15) is 16.8 Å². The van der Waals surface area contributed by atoms with Crippen LogP contribution in [0, 0.1) is 0 Å². The SMILES string of the molecule is Nc1ccc(C(=O)N2CCCOCC2)cc1O. The fourth-order valence-electron chi connectivity index (χ4n) is 1.81. The van der Waals surface area contributed by atoms with Gasteiger partial charge in [-0.2, -0.15) is 0 Å². The van der Waals surface area contributed by atoms with Crippen LogP contribution in [0.15, 0.2) is 18.2 Å². The van der Waals surface area contributed by atoms with Crippen LogP contribution in [0.5, 0.6) is 5.75 Å². The second-order valence-electron chi connectivity index (χ2n) is 4.03. The summed E-state index contributed by atoms with van der Waals surface area (Å²) in [5.74, 6) is -0.146. The van der Waals surface area contributed by atoms with Gasteiger partial charge in [-0.3, -0.25) is 4.79 Å². The lowest BCUT2D eigenvalue weighted by molar-refractivity contribution is 0.0741. The molecule has 1 aromatic carbocycles. The maximum absolute atomic E-state index is 12.1. The van der Waals surface area contributed by atoms with Gasteiger partial charge in [0.1, 0.15) is 5.75 Å². The van der Waals surface area contributed by atoms with Crippen molar-refractivity contribution >= 4 is 11.6 Å². The number of rotatable bonds is 1. The summed E-state index contributed by atoms with van der Waals surface area (Å²) in [5.41, 5.74) is 6.23. The van der Waals surface area contributed by atoms with Gasteiger partial charge in [0.15, 0.2) is 0 Å². The van der Waals surface area contributed by atoms with Crippen molar-refractivity contribution in [3.05, 3.63) is 23.8 Å². The van der Waals surface area contributed by atoms with Crippen molar-refractivity contribution in [1.82, 2.24) is 4.90 Å². The maximum Gasteiger partial charge on any atom is 0.254 e. The molecular formula is C12H16N2O3. The fourth-order valence-corrected chi connectivity index (χ4v) is 1.81. The smallest absolute Gasteiger partial charge is 0.254 e. The molecule has 0 radical (unpaired) electrons. The zero-order chi connectivity index (χ0) is 12.3. The van der Waals surface area contributed by atoms with Crippen molar-refractivity contribution in [2.24, 2.45) is 0 Å². The van der Waals surface area contributed by atoms with Crippen LogP contribution < -0.4 is 5.73 Å². The Labute approximate surface area is 99.8 Å². The molecule has 1 fully saturated rings. The molecule has 5 heteroatoms. The zero-order valence-corrected chi connectivity index (χ0v) is 9.56. The molecule has 0 aliphatic carbocycles. The molecule has 17 heavy (non-hydrogen) atoms. The number of hydrogen-bond donors (Lipinski definition) is 2. The number of phenols is 1. The van der Waals surface area contributed by atoms with E-state index < -0.39 is 0 Å². The lowest BCUT2D eigenvalue weighted by Crippen LogP contribution is -2.33. The van der Waals surface area contributed by atoms with Gasteiger partial charge < -0.3 is 20.5 Å². The molecule has 2 rings (SSSR count).